The molecule has 1 aromatic carbocycles. The van der Waals surface area contributed by atoms with Crippen molar-refractivity contribution in [2.24, 2.45) is 0 Å². The third kappa shape index (κ3) is 22.1. The number of piperidine rings is 1. The minimum Gasteiger partial charge on any atom is -0.382 e. The van der Waals surface area contributed by atoms with Crippen LogP contribution in [0.15, 0.2) is 18.2 Å². The van der Waals surface area contributed by atoms with E-state index in [2.05, 4.69) is 17.6 Å². The molecule has 0 aliphatic carbocycles. The lowest BCUT2D eigenvalue weighted by atomic mass is 10.0. The first-order chi connectivity index (χ1) is 29.5. The summed E-state index contributed by atoms with van der Waals surface area (Å²) < 4.78 is 55.4. The van der Waals surface area contributed by atoms with Crippen LogP contribution in [-0.4, -0.2) is 173 Å². The zero-order valence-electron chi connectivity index (χ0n) is 35.9. The second-order valence-electron chi connectivity index (χ2n) is 14.2. The van der Waals surface area contributed by atoms with Crippen LogP contribution in [0, 0.1) is 0 Å². The number of amides is 4. The average molecular weight is 854 g/mol. The largest absolute Gasteiger partial charge is 0.382 e. The fourth-order valence-electron chi connectivity index (χ4n) is 6.34. The molecule has 0 spiro atoms. The minimum atomic E-state index is -1.01. The summed E-state index contributed by atoms with van der Waals surface area (Å²) in [6.45, 7) is 12.6. The van der Waals surface area contributed by atoms with Crippen molar-refractivity contribution in [3.63, 3.8) is 0 Å². The van der Waals surface area contributed by atoms with E-state index in [1.807, 2.05) is 0 Å². The van der Waals surface area contributed by atoms with Gasteiger partial charge in [-0.1, -0.05) is 57.9 Å². The van der Waals surface area contributed by atoms with E-state index >= 15 is 0 Å². The Bertz CT molecular complexity index is 1320. The fraction of sp³-hybridized carbons (Fsp3) is 0.767. The Morgan fingerprint density at radius 3 is 1.40 bits per heavy atom. The molecule has 0 saturated carbocycles. The van der Waals surface area contributed by atoms with Gasteiger partial charge in [-0.15, -0.1) is 0 Å². The van der Waals surface area contributed by atoms with E-state index in [4.69, 9.17) is 47.4 Å². The first kappa shape index (κ1) is 51.3. The maximum atomic E-state index is 13.2. The van der Waals surface area contributed by atoms with Crippen LogP contribution in [0.1, 0.15) is 91.8 Å². The molecule has 17 heteroatoms. The number of imide groups is 2. The molecule has 4 amide bonds. The predicted octanol–water partition coefficient (Wildman–Crippen LogP) is 3.81. The third-order valence-electron chi connectivity index (χ3n) is 9.52. The summed E-state index contributed by atoms with van der Waals surface area (Å²) in [5, 5.41) is 5.34. The average Bonchev–Trinajstić information content (AvgIpc) is 3.50. The molecule has 3 rings (SSSR count). The molecule has 2 aliphatic rings. The predicted molar refractivity (Wildman–Crippen MR) is 222 cm³/mol. The number of rotatable bonds is 41. The van der Waals surface area contributed by atoms with Gasteiger partial charge in [0.15, 0.2) is 0 Å². The van der Waals surface area contributed by atoms with Crippen molar-refractivity contribution < 1.29 is 66.5 Å². The maximum Gasteiger partial charge on any atom is 0.264 e. The summed E-state index contributed by atoms with van der Waals surface area (Å²) in [7, 11) is 0. The van der Waals surface area contributed by atoms with E-state index in [0.717, 1.165) is 17.9 Å². The Hall–Kier alpha value is -3.10. The number of hydrogen-bond donors (Lipinski definition) is 2. The highest BCUT2D eigenvalue weighted by Gasteiger charge is 2.45. The van der Waals surface area contributed by atoms with Crippen LogP contribution in [0.2, 0.25) is 0 Å². The first-order valence-electron chi connectivity index (χ1n) is 21.9. The maximum absolute atomic E-state index is 13.2. The van der Waals surface area contributed by atoms with Gasteiger partial charge in [-0.05, 0) is 25.0 Å². The lowest BCUT2D eigenvalue weighted by Gasteiger charge is -2.27. The van der Waals surface area contributed by atoms with Crippen molar-refractivity contribution >= 4 is 29.3 Å². The summed E-state index contributed by atoms with van der Waals surface area (Å²) in [5.74, 6) is -2.16. The minimum absolute atomic E-state index is 0.0670. The lowest BCUT2D eigenvalue weighted by molar-refractivity contribution is -0.136. The fourth-order valence-corrected chi connectivity index (χ4v) is 6.34. The molecule has 2 N–H and O–H groups in total. The second kappa shape index (κ2) is 34.5. The molecule has 2 heterocycles. The van der Waals surface area contributed by atoms with Crippen LogP contribution in [0.5, 0.6) is 0 Å². The number of unbranched alkanes of at least 4 members (excludes halogenated alkanes) is 7. The van der Waals surface area contributed by atoms with E-state index in [9.17, 15) is 19.2 Å². The van der Waals surface area contributed by atoms with Gasteiger partial charge in [0, 0.05) is 25.3 Å². The standard InChI is InChI=1S/C43H71N3O14/c1-2-3-4-5-6-7-8-9-16-51-18-20-53-22-24-55-26-28-57-30-32-59-34-35-60-33-31-58-29-27-56-25-23-54-21-19-52-17-15-44-37-12-10-11-36-40(37)43(50)46(42(36)49)38-13-14-39(47)45-41(38)48/h10-12,38,44H,2-9,13-35H2,1H3,(H,45,47,48). The number of anilines is 1. The molecule has 17 nitrogen and oxygen atoms in total. The molecule has 1 saturated heterocycles. The van der Waals surface area contributed by atoms with Crippen molar-refractivity contribution in [3.05, 3.63) is 29.3 Å². The van der Waals surface area contributed by atoms with E-state index < -0.39 is 29.7 Å². The van der Waals surface area contributed by atoms with Crippen molar-refractivity contribution in [2.45, 2.75) is 77.2 Å². The number of nitrogens with one attached hydrogen (secondary N) is 2. The molecule has 0 bridgehead atoms. The highest BCUT2D eigenvalue weighted by Crippen LogP contribution is 2.32. The summed E-state index contributed by atoms with van der Waals surface area (Å²) in [6, 6.07) is 3.91. The van der Waals surface area contributed by atoms with E-state index in [-0.39, 0.29) is 24.0 Å². The zero-order valence-corrected chi connectivity index (χ0v) is 35.9. The Kier molecular flexibility index (Phi) is 29.5. The van der Waals surface area contributed by atoms with E-state index in [1.54, 1.807) is 18.2 Å². The number of nitrogens with zero attached hydrogens (tertiary/aromatic N) is 1. The number of benzene rings is 1. The van der Waals surface area contributed by atoms with Gasteiger partial charge >= 0.3 is 0 Å². The van der Waals surface area contributed by atoms with Crippen LogP contribution in [0.4, 0.5) is 5.69 Å². The SMILES string of the molecule is CCCCCCCCCCOCCOCCOCCOCCOCCOCCOCCOCCOCCOCCNc1cccc2c1C(=O)N(C1CCC(=O)NC1=O)C2=O. The van der Waals surface area contributed by atoms with Gasteiger partial charge in [-0.25, -0.2) is 0 Å². The van der Waals surface area contributed by atoms with Gasteiger partial charge in [0.2, 0.25) is 11.8 Å². The van der Waals surface area contributed by atoms with Crippen LogP contribution in [-0.2, 0) is 57.0 Å². The molecular formula is C43H71N3O14. The molecule has 1 aromatic rings. The highest BCUT2D eigenvalue weighted by molar-refractivity contribution is 6.25. The van der Waals surface area contributed by atoms with Crippen LogP contribution in [0.3, 0.4) is 0 Å². The molecule has 1 unspecified atom stereocenters. The number of hydrogen-bond acceptors (Lipinski definition) is 15. The van der Waals surface area contributed by atoms with Gasteiger partial charge in [0.05, 0.1) is 137 Å². The monoisotopic (exact) mass is 853 g/mol. The quantitative estimate of drug-likeness (QED) is 0.0715. The summed E-state index contributed by atoms with van der Waals surface area (Å²) in [4.78, 5) is 50.9. The van der Waals surface area contributed by atoms with Crippen molar-refractivity contribution in [1.29, 1.82) is 0 Å². The number of carbonyl (C=O) groups excluding carboxylic acids is 4. The second-order valence-corrected chi connectivity index (χ2v) is 14.2. The third-order valence-corrected chi connectivity index (χ3v) is 9.52. The molecule has 1 fully saturated rings. The Morgan fingerprint density at radius 1 is 0.533 bits per heavy atom. The molecular weight excluding hydrogens is 782 g/mol. The molecule has 1 atom stereocenters. The van der Waals surface area contributed by atoms with Crippen molar-refractivity contribution in [2.75, 3.05) is 144 Å². The Morgan fingerprint density at radius 2 is 0.950 bits per heavy atom. The summed E-state index contributed by atoms with van der Waals surface area (Å²) in [6.07, 6.45) is 10.6. The summed E-state index contributed by atoms with van der Waals surface area (Å²) >= 11 is 0. The molecule has 2 aliphatic heterocycles. The van der Waals surface area contributed by atoms with Crippen LogP contribution >= 0.6 is 0 Å². The van der Waals surface area contributed by atoms with E-state index in [1.165, 1.54) is 44.9 Å². The summed E-state index contributed by atoms with van der Waals surface area (Å²) in [5.41, 5.74) is 0.914. The van der Waals surface area contributed by atoms with Crippen molar-refractivity contribution in [3.8, 4) is 0 Å². The van der Waals surface area contributed by atoms with E-state index in [0.29, 0.717) is 138 Å². The normalized spacial score (nSPS) is 15.3. The number of ether oxygens (including phenoxy) is 10. The Labute approximate surface area is 356 Å². The van der Waals surface area contributed by atoms with Gasteiger partial charge < -0.3 is 52.7 Å². The van der Waals surface area contributed by atoms with Gasteiger partial charge in [0.25, 0.3) is 11.8 Å². The molecule has 342 valence electrons. The Balaban J connectivity index is 0.975. The molecule has 0 aromatic heterocycles. The smallest absolute Gasteiger partial charge is 0.264 e. The highest BCUT2D eigenvalue weighted by atomic mass is 16.6. The first-order valence-corrected chi connectivity index (χ1v) is 21.9. The van der Waals surface area contributed by atoms with Crippen molar-refractivity contribution in [1.82, 2.24) is 10.2 Å². The lowest BCUT2D eigenvalue weighted by Crippen LogP contribution is -2.54. The van der Waals surface area contributed by atoms with Gasteiger partial charge in [-0.2, -0.15) is 0 Å². The number of fused-ring (bicyclic) bond motifs is 1. The topological polar surface area (TPSA) is 188 Å². The van der Waals surface area contributed by atoms with Gasteiger partial charge in [0.1, 0.15) is 6.04 Å². The van der Waals surface area contributed by atoms with Crippen LogP contribution in [0.25, 0.3) is 0 Å². The van der Waals surface area contributed by atoms with Gasteiger partial charge in [-0.3, -0.25) is 29.4 Å². The molecule has 60 heavy (non-hydrogen) atoms. The number of carbonyl (C=O) groups is 4. The molecule has 0 radical (unpaired) electrons. The zero-order chi connectivity index (χ0) is 42.7. The van der Waals surface area contributed by atoms with Crippen LogP contribution < -0.4 is 10.6 Å².